The molecule has 4 aromatic carbocycles. The number of hydrogen-bond donors (Lipinski definition) is 0. The number of rotatable bonds is 9. The Morgan fingerprint density at radius 3 is 2.45 bits per heavy atom. The van der Waals surface area contributed by atoms with E-state index >= 15 is 4.39 Å². The first-order valence-corrected chi connectivity index (χ1v) is 14.9. The molecule has 2 heterocycles. The molecule has 0 amide bonds. The van der Waals surface area contributed by atoms with Crippen LogP contribution in [0.3, 0.4) is 0 Å². The molecule has 1 fully saturated rings. The fourth-order valence-corrected chi connectivity index (χ4v) is 5.86. The number of esters is 1. The van der Waals surface area contributed by atoms with Crippen LogP contribution in [-0.4, -0.2) is 38.6 Å². The Bertz CT molecular complexity index is 1800. The molecule has 1 aliphatic rings. The van der Waals surface area contributed by atoms with E-state index in [-0.39, 0.29) is 18.0 Å². The van der Waals surface area contributed by atoms with Gasteiger partial charge in [0.05, 0.1) is 25.0 Å². The van der Waals surface area contributed by atoms with Gasteiger partial charge in [-0.15, -0.1) is 0 Å². The van der Waals surface area contributed by atoms with Crippen molar-refractivity contribution in [3.8, 4) is 16.9 Å². The van der Waals surface area contributed by atoms with Gasteiger partial charge in [-0.3, -0.25) is 4.79 Å². The molecule has 0 saturated carbocycles. The van der Waals surface area contributed by atoms with Crippen molar-refractivity contribution in [2.45, 2.75) is 26.2 Å². The molecule has 5 aromatic rings. The lowest BCUT2D eigenvalue weighted by molar-refractivity contribution is 0.0600. The lowest BCUT2D eigenvalue weighted by Gasteiger charge is -2.33. The number of carbonyl (C=O) groups excluding carboxylic acids is 2. The smallest absolute Gasteiger partial charge is 0.337 e. The number of ether oxygens (including phenoxy) is 2. The van der Waals surface area contributed by atoms with E-state index in [4.69, 9.17) is 13.9 Å². The topological polar surface area (TPSA) is 69.0 Å². The summed E-state index contributed by atoms with van der Waals surface area (Å²) in [7, 11) is 1.35. The molecule has 0 unspecified atom stereocenters. The summed E-state index contributed by atoms with van der Waals surface area (Å²) in [6.45, 7) is 3.82. The van der Waals surface area contributed by atoms with Gasteiger partial charge in [-0.05, 0) is 84.8 Å². The van der Waals surface area contributed by atoms with Crippen molar-refractivity contribution >= 4 is 28.4 Å². The van der Waals surface area contributed by atoms with Crippen LogP contribution in [0.25, 0.3) is 22.1 Å². The summed E-state index contributed by atoms with van der Waals surface area (Å²) < 4.78 is 32.0. The average Bonchev–Trinajstić information content (AvgIpc) is 3.40. The van der Waals surface area contributed by atoms with Gasteiger partial charge < -0.3 is 18.8 Å². The van der Waals surface area contributed by atoms with Crippen LogP contribution in [0.15, 0.2) is 95.4 Å². The maximum Gasteiger partial charge on any atom is 0.337 e. The van der Waals surface area contributed by atoms with E-state index in [0.717, 1.165) is 34.9 Å². The van der Waals surface area contributed by atoms with Crippen LogP contribution in [-0.2, 0) is 11.2 Å². The second-order valence-corrected chi connectivity index (χ2v) is 11.3. The molecule has 0 spiro atoms. The highest BCUT2D eigenvalue weighted by atomic mass is 19.1. The van der Waals surface area contributed by atoms with E-state index < -0.39 is 5.97 Å². The van der Waals surface area contributed by atoms with Gasteiger partial charge >= 0.3 is 5.97 Å². The van der Waals surface area contributed by atoms with Crippen LogP contribution in [0.4, 0.5) is 10.1 Å². The summed E-state index contributed by atoms with van der Waals surface area (Å²) in [5, 5.41) is 0.903. The molecule has 0 bridgehead atoms. The highest BCUT2D eigenvalue weighted by Crippen LogP contribution is 2.32. The summed E-state index contributed by atoms with van der Waals surface area (Å²) in [5.74, 6) is 0.355. The van der Waals surface area contributed by atoms with Gasteiger partial charge in [0.25, 0.3) is 0 Å². The van der Waals surface area contributed by atoms with Gasteiger partial charge in [-0.2, -0.15) is 0 Å². The number of halogens is 1. The molecule has 1 aliphatic heterocycles. The summed E-state index contributed by atoms with van der Waals surface area (Å²) in [5.41, 5.74) is 5.21. The summed E-state index contributed by atoms with van der Waals surface area (Å²) >= 11 is 0. The summed E-state index contributed by atoms with van der Waals surface area (Å²) in [6.07, 6.45) is 1.77. The Kier molecular flexibility index (Phi) is 8.46. The van der Waals surface area contributed by atoms with E-state index in [0.29, 0.717) is 59.5 Å². The number of benzene rings is 4. The molecule has 7 heteroatoms. The molecule has 6 nitrogen and oxygen atoms in total. The maximum atomic E-state index is 15.3. The lowest BCUT2D eigenvalue weighted by atomic mass is 9.97. The van der Waals surface area contributed by atoms with Crippen LogP contribution in [0.5, 0.6) is 5.75 Å². The third kappa shape index (κ3) is 6.23. The predicted molar refractivity (Wildman–Crippen MR) is 169 cm³/mol. The number of piperidine rings is 1. The second-order valence-electron chi connectivity index (χ2n) is 11.3. The van der Waals surface area contributed by atoms with Gasteiger partial charge in [-0.25, -0.2) is 9.18 Å². The van der Waals surface area contributed by atoms with Gasteiger partial charge in [0, 0.05) is 30.5 Å². The summed E-state index contributed by atoms with van der Waals surface area (Å²) in [4.78, 5) is 27.1. The second kappa shape index (κ2) is 12.8. The third-order valence-electron chi connectivity index (χ3n) is 8.37. The molecule has 44 heavy (non-hydrogen) atoms. The normalized spacial score (nSPS) is 13.7. The lowest BCUT2D eigenvalue weighted by Crippen LogP contribution is -2.36. The number of Topliss-reactive ketones (excluding diaryl/α,β-unsaturated/α-hetero) is 1. The minimum atomic E-state index is -0.400. The van der Waals surface area contributed by atoms with E-state index in [9.17, 15) is 9.59 Å². The van der Waals surface area contributed by atoms with Gasteiger partial charge in [-0.1, -0.05) is 48.5 Å². The molecule has 0 radical (unpaired) electrons. The number of methoxy groups -OCH3 is 1. The van der Waals surface area contributed by atoms with Crippen molar-refractivity contribution in [1.29, 1.82) is 0 Å². The fraction of sp³-hybridized carbons (Fsp3) is 0.243. The number of fused-ring (bicyclic) bond motifs is 1. The molecule has 0 N–H and O–H groups in total. The Labute approximate surface area is 256 Å². The number of nitrogens with zero attached hydrogens (tertiary/aromatic N) is 1. The quantitative estimate of drug-likeness (QED) is 0.128. The minimum absolute atomic E-state index is 0.0556. The molecule has 1 aromatic heterocycles. The third-order valence-corrected chi connectivity index (χ3v) is 8.37. The van der Waals surface area contributed by atoms with Gasteiger partial charge in [0.1, 0.15) is 17.1 Å². The Hall–Kier alpha value is -4.91. The molecule has 1 saturated heterocycles. The number of carbonyl (C=O) groups is 2. The van der Waals surface area contributed by atoms with Crippen molar-refractivity contribution in [3.63, 3.8) is 0 Å². The van der Waals surface area contributed by atoms with E-state index in [1.54, 1.807) is 24.3 Å². The first-order chi connectivity index (χ1) is 21.4. The van der Waals surface area contributed by atoms with E-state index in [1.165, 1.54) is 13.2 Å². The summed E-state index contributed by atoms with van der Waals surface area (Å²) in [6, 6.07) is 28.0. The average molecular weight is 592 g/mol. The van der Waals surface area contributed by atoms with Crippen LogP contribution < -0.4 is 9.64 Å². The van der Waals surface area contributed by atoms with Gasteiger partial charge in [0.2, 0.25) is 5.78 Å². The standard InChI is InChI=1S/C37H34FNO5/c1-24-31-22-28(27-7-4-3-5-8-27)12-14-35(31)44-36(24)34(40)20-26-11-13-33(32(38)19-26)39-17-15-25(16-18-39)23-43-30-10-6-9-29(21-30)37(41)42-2/h3-14,19,21-22,25H,15-18,20,23H2,1-2H3. The van der Waals surface area contributed by atoms with Crippen molar-refractivity contribution in [2.24, 2.45) is 5.92 Å². The predicted octanol–water partition coefficient (Wildman–Crippen LogP) is 8.05. The fourth-order valence-electron chi connectivity index (χ4n) is 5.86. The molecule has 6 rings (SSSR count). The molecular formula is C37H34FNO5. The zero-order valence-electron chi connectivity index (χ0n) is 24.8. The SMILES string of the molecule is COC(=O)c1cccc(OCC2CCN(c3ccc(CC(=O)c4oc5ccc(-c6ccccc6)cc5c4C)cc3F)CC2)c1. The first kappa shape index (κ1) is 29.2. The van der Waals surface area contributed by atoms with Crippen LogP contribution >= 0.6 is 0 Å². The van der Waals surface area contributed by atoms with Crippen molar-refractivity contribution in [1.82, 2.24) is 0 Å². The molecule has 224 valence electrons. The zero-order valence-corrected chi connectivity index (χ0v) is 24.8. The minimum Gasteiger partial charge on any atom is -0.493 e. The number of aryl methyl sites for hydroxylation is 1. The maximum absolute atomic E-state index is 15.3. The van der Waals surface area contributed by atoms with E-state index in [2.05, 4.69) is 0 Å². The highest BCUT2D eigenvalue weighted by Gasteiger charge is 2.23. The van der Waals surface area contributed by atoms with E-state index in [1.807, 2.05) is 72.5 Å². The van der Waals surface area contributed by atoms with Crippen molar-refractivity contribution in [2.75, 3.05) is 31.7 Å². The highest BCUT2D eigenvalue weighted by molar-refractivity contribution is 6.02. The first-order valence-electron chi connectivity index (χ1n) is 14.9. The Balaban J connectivity index is 1.06. The largest absolute Gasteiger partial charge is 0.493 e. The molecule has 0 atom stereocenters. The van der Waals surface area contributed by atoms with Crippen molar-refractivity contribution in [3.05, 3.63) is 119 Å². The number of ketones is 1. The Morgan fingerprint density at radius 2 is 1.70 bits per heavy atom. The van der Waals surface area contributed by atoms with Crippen LogP contribution in [0, 0.1) is 18.7 Å². The van der Waals surface area contributed by atoms with Gasteiger partial charge in [0.15, 0.2) is 5.76 Å². The number of hydrogen-bond acceptors (Lipinski definition) is 6. The number of anilines is 1. The van der Waals surface area contributed by atoms with Crippen molar-refractivity contribution < 1.29 is 27.9 Å². The number of furan rings is 1. The Morgan fingerprint density at radius 1 is 0.909 bits per heavy atom. The molecular weight excluding hydrogens is 557 g/mol. The zero-order chi connectivity index (χ0) is 30.6. The molecule has 0 aliphatic carbocycles. The monoisotopic (exact) mass is 591 g/mol. The van der Waals surface area contributed by atoms with Crippen LogP contribution in [0.2, 0.25) is 0 Å². The van der Waals surface area contributed by atoms with Crippen LogP contribution in [0.1, 0.15) is 44.9 Å².